The zero-order chi connectivity index (χ0) is 15.4. The van der Waals surface area contributed by atoms with E-state index in [2.05, 4.69) is 11.4 Å². The smallest absolute Gasteiger partial charge is 0.307 e. The van der Waals surface area contributed by atoms with Crippen LogP contribution in [0, 0.1) is 20.8 Å². The van der Waals surface area contributed by atoms with Crippen LogP contribution in [0.2, 0.25) is 0 Å². The second kappa shape index (κ2) is 6.44. The van der Waals surface area contributed by atoms with Crippen LogP contribution in [0.5, 0.6) is 0 Å². The zero-order valence-corrected chi connectivity index (χ0v) is 13.1. The number of rotatable bonds is 3. The highest BCUT2D eigenvalue weighted by Crippen LogP contribution is 2.20. The van der Waals surface area contributed by atoms with Crippen LogP contribution in [0.15, 0.2) is 42.5 Å². The van der Waals surface area contributed by atoms with Gasteiger partial charge < -0.3 is 5.32 Å². The van der Waals surface area contributed by atoms with E-state index in [1.165, 1.54) is 5.56 Å². The van der Waals surface area contributed by atoms with Crippen molar-refractivity contribution in [1.29, 1.82) is 0 Å². The van der Waals surface area contributed by atoms with Gasteiger partial charge in [-0.1, -0.05) is 29.8 Å². The minimum absolute atomic E-state index is 0.102. The topological polar surface area (TPSA) is 32.3 Å². The van der Waals surface area contributed by atoms with Crippen LogP contribution in [0.4, 0.5) is 16.2 Å². The van der Waals surface area contributed by atoms with Gasteiger partial charge in [0.1, 0.15) is 0 Å². The largest absolute Gasteiger partial charge is 0.326 e. The fourth-order valence-electron chi connectivity index (χ4n) is 2.38. The first-order chi connectivity index (χ1) is 10.0. The molecule has 0 atom stereocenters. The number of nitrogens with zero attached hydrogens (tertiary/aromatic N) is 1. The highest BCUT2D eigenvalue weighted by Gasteiger charge is 2.14. The van der Waals surface area contributed by atoms with Gasteiger partial charge in [0.2, 0.25) is 0 Å². The van der Waals surface area contributed by atoms with Gasteiger partial charge in [0.15, 0.2) is 0 Å². The summed E-state index contributed by atoms with van der Waals surface area (Å²) in [4.78, 5) is 14.2. The monoisotopic (exact) mass is 282 g/mol. The van der Waals surface area contributed by atoms with Gasteiger partial charge in [-0.15, -0.1) is 0 Å². The van der Waals surface area contributed by atoms with Crippen LogP contribution in [0.3, 0.4) is 0 Å². The van der Waals surface area contributed by atoms with Crippen molar-refractivity contribution in [3.8, 4) is 0 Å². The van der Waals surface area contributed by atoms with Crippen molar-refractivity contribution >= 4 is 17.4 Å². The Kier molecular flexibility index (Phi) is 4.63. The number of amides is 2. The molecule has 0 spiro atoms. The summed E-state index contributed by atoms with van der Waals surface area (Å²) in [7, 11) is 0. The SMILES string of the molecule is CCN(C(=O)Nc1ccc(C)cc1C)c1cccc(C)c1. The fourth-order valence-corrected chi connectivity index (χ4v) is 2.38. The molecule has 0 aliphatic heterocycles. The Morgan fingerprint density at radius 3 is 2.38 bits per heavy atom. The van der Waals surface area contributed by atoms with Crippen molar-refractivity contribution in [2.45, 2.75) is 27.7 Å². The zero-order valence-electron chi connectivity index (χ0n) is 13.1. The van der Waals surface area contributed by atoms with E-state index in [-0.39, 0.29) is 6.03 Å². The third-order valence-corrected chi connectivity index (χ3v) is 3.50. The molecule has 0 aliphatic carbocycles. The van der Waals surface area contributed by atoms with Crippen LogP contribution in [-0.2, 0) is 0 Å². The first-order valence-corrected chi connectivity index (χ1v) is 7.23. The van der Waals surface area contributed by atoms with Gasteiger partial charge in [-0.2, -0.15) is 0 Å². The van der Waals surface area contributed by atoms with Gasteiger partial charge in [0.25, 0.3) is 0 Å². The van der Waals surface area contributed by atoms with Crippen molar-refractivity contribution in [3.63, 3.8) is 0 Å². The lowest BCUT2D eigenvalue weighted by molar-refractivity contribution is 0.257. The predicted octanol–water partition coefficient (Wildman–Crippen LogP) is 4.67. The third-order valence-electron chi connectivity index (χ3n) is 3.50. The van der Waals surface area contributed by atoms with Gasteiger partial charge in [-0.25, -0.2) is 4.79 Å². The maximum atomic E-state index is 12.5. The number of aryl methyl sites for hydroxylation is 3. The van der Waals surface area contributed by atoms with Crippen LogP contribution in [0.1, 0.15) is 23.6 Å². The van der Waals surface area contributed by atoms with E-state index in [9.17, 15) is 4.79 Å². The predicted molar refractivity (Wildman–Crippen MR) is 89.1 cm³/mol. The molecule has 21 heavy (non-hydrogen) atoms. The van der Waals surface area contributed by atoms with Crippen LogP contribution in [0.25, 0.3) is 0 Å². The van der Waals surface area contributed by atoms with Crippen molar-refractivity contribution < 1.29 is 4.79 Å². The molecule has 0 bridgehead atoms. The summed E-state index contributed by atoms with van der Waals surface area (Å²) < 4.78 is 0. The normalized spacial score (nSPS) is 10.3. The molecule has 0 radical (unpaired) electrons. The first kappa shape index (κ1) is 15.1. The maximum Gasteiger partial charge on any atom is 0.326 e. The first-order valence-electron chi connectivity index (χ1n) is 7.23. The Morgan fingerprint density at radius 1 is 1.05 bits per heavy atom. The van der Waals surface area contributed by atoms with E-state index in [1.54, 1.807) is 4.90 Å². The average molecular weight is 282 g/mol. The van der Waals surface area contributed by atoms with Crippen LogP contribution in [-0.4, -0.2) is 12.6 Å². The van der Waals surface area contributed by atoms with E-state index in [1.807, 2.05) is 64.1 Å². The Bertz CT molecular complexity index is 649. The van der Waals surface area contributed by atoms with Crippen LogP contribution >= 0.6 is 0 Å². The number of hydrogen-bond acceptors (Lipinski definition) is 1. The van der Waals surface area contributed by atoms with Gasteiger partial charge >= 0.3 is 6.03 Å². The van der Waals surface area contributed by atoms with Crippen molar-refractivity contribution in [2.24, 2.45) is 0 Å². The van der Waals surface area contributed by atoms with E-state index in [0.29, 0.717) is 6.54 Å². The number of urea groups is 1. The lowest BCUT2D eigenvalue weighted by Gasteiger charge is -2.22. The molecular formula is C18H22N2O. The standard InChI is InChI=1S/C18H22N2O/c1-5-20(16-8-6-7-13(2)12-16)18(21)19-17-10-9-14(3)11-15(17)4/h6-12H,5H2,1-4H3,(H,19,21). The summed E-state index contributed by atoms with van der Waals surface area (Å²) in [5.41, 5.74) is 5.18. The summed E-state index contributed by atoms with van der Waals surface area (Å²) in [5, 5.41) is 2.99. The molecule has 2 aromatic rings. The molecule has 2 aromatic carbocycles. The third kappa shape index (κ3) is 3.63. The van der Waals surface area contributed by atoms with Crippen molar-refractivity contribution in [2.75, 3.05) is 16.8 Å². The molecule has 1 N–H and O–H groups in total. The summed E-state index contributed by atoms with van der Waals surface area (Å²) >= 11 is 0. The Morgan fingerprint density at radius 2 is 1.76 bits per heavy atom. The number of carbonyl (C=O) groups excluding carboxylic acids is 1. The maximum absolute atomic E-state index is 12.5. The molecule has 0 saturated heterocycles. The van der Waals surface area contributed by atoms with Crippen molar-refractivity contribution in [3.05, 3.63) is 59.2 Å². The van der Waals surface area contributed by atoms with E-state index >= 15 is 0 Å². The Hall–Kier alpha value is -2.29. The van der Waals surface area contributed by atoms with Gasteiger partial charge in [0.05, 0.1) is 0 Å². The molecule has 0 fully saturated rings. The Balaban J connectivity index is 2.21. The fraction of sp³-hybridized carbons (Fsp3) is 0.278. The second-order valence-corrected chi connectivity index (χ2v) is 5.33. The lowest BCUT2D eigenvalue weighted by atomic mass is 10.1. The van der Waals surface area contributed by atoms with Gasteiger partial charge in [-0.05, 0) is 57.0 Å². The summed E-state index contributed by atoms with van der Waals surface area (Å²) in [6, 6.07) is 13.9. The molecule has 0 heterocycles. The number of hydrogen-bond donors (Lipinski definition) is 1. The second-order valence-electron chi connectivity index (χ2n) is 5.33. The van der Waals surface area contributed by atoms with Crippen molar-refractivity contribution in [1.82, 2.24) is 0 Å². The molecule has 2 rings (SSSR count). The van der Waals surface area contributed by atoms with Gasteiger partial charge in [-0.3, -0.25) is 4.90 Å². The Labute approximate surface area is 126 Å². The van der Waals surface area contributed by atoms with E-state index in [0.717, 1.165) is 22.5 Å². The molecule has 110 valence electrons. The summed E-state index contributed by atoms with van der Waals surface area (Å²) in [6.45, 7) is 8.68. The molecule has 0 aliphatic rings. The highest BCUT2D eigenvalue weighted by atomic mass is 16.2. The van der Waals surface area contributed by atoms with Crippen LogP contribution < -0.4 is 10.2 Å². The molecular weight excluding hydrogens is 260 g/mol. The molecule has 0 unspecified atom stereocenters. The molecule has 3 nitrogen and oxygen atoms in total. The number of carbonyl (C=O) groups is 1. The molecule has 2 amide bonds. The quantitative estimate of drug-likeness (QED) is 0.871. The summed E-state index contributed by atoms with van der Waals surface area (Å²) in [6.07, 6.45) is 0. The van der Waals surface area contributed by atoms with Gasteiger partial charge in [0, 0.05) is 17.9 Å². The lowest BCUT2D eigenvalue weighted by Crippen LogP contribution is -2.35. The number of anilines is 2. The van der Waals surface area contributed by atoms with E-state index < -0.39 is 0 Å². The molecule has 0 aromatic heterocycles. The summed E-state index contributed by atoms with van der Waals surface area (Å²) in [5.74, 6) is 0. The molecule has 3 heteroatoms. The minimum atomic E-state index is -0.102. The highest BCUT2D eigenvalue weighted by molar-refractivity contribution is 6.02. The molecule has 0 saturated carbocycles. The van der Waals surface area contributed by atoms with E-state index in [4.69, 9.17) is 0 Å². The average Bonchev–Trinajstić information content (AvgIpc) is 2.43. The number of benzene rings is 2. The minimum Gasteiger partial charge on any atom is -0.307 e. The number of nitrogens with one attached hydrogen (secondary N) is 1.